The van der Waals surface area contributed by atoms with E-state index in [1.54, 1.807) is 73.2 Å². The van der Waals surface area contributed by atoms with Crippen LogP contribution in [0.1, 0.15) is 55.5 Å². The van der Waals surface area contributed by atoms with Crippen LogP contribution in [0.3, 0.4) is 0 Å². The lowest BCUT2D eigenvalue weighted by Crippen LogP contribution is -2.35. The SMILES string of the molecule is COc1ccc(-n2c([C@H](C)N(C)C(=O)c3ccc(C(C)(C)C)cc3)nc3c(OC)cccc3c2=O)cc1. The van der Waals surface area contributed by atoms with E-state index >= 15 is 0 Å². The molecule has 4 aromatic rings. The van der Waals surface area contributed by atoms with Crippen molar-refractivity contribution in [2.75, 3.05) is 21.3 Å². The zero-order chi connectivity index (χ0) is 26.9. The minimum atomic E-state index is -0.529. The zero-order valence-corrected chi connectivity index (χ0v) is 22.4. The van der Waals surface area contributed by atoms with Gasteiger partial charge in [0.05, 0.1) is 31.3 Å². The number of carbonyl (C=O) groups excluding carboxylic acids is 1. The number of nitrogens with zero attached hydrogens (tertiary/aromatic N) is 3. The fourth-order valence-electron chi connectivity index (χ4n) is 4.29. The summed E-state index contributed by atoms with van der Waals surface area (Å²) in [6.45, 7) is 8.27. The monoisotopic (exact) mass is 499 g/mol. The van der Waals surface area contributed by atoms with Crippen LogP contribution >= 0.6 is 0 Å². The third-order valence-corrected chi connectivity index (χ3v) is 6.71. The Kier molecular flexibility index (Phi) is 7.07. The van der Waals surface area contributed by atoms with Gasteiger partial charge in [-0.3, -0.25) is 14.2 Å². The molecule has 4 rings (SSSR count). The first-order valence-corrected chi connectivity index (χ1v) is 12.2. The van der Waals surface area contributed by atoms with Crippen LogP contribution in [-0.2, 0) is 5.41 Å². The van der Waals surface area contributed by atoms with Gasteiger partial charge in [-0.25, -0.2) is 4.98 Å². The van der Waals surface area contributed by atoms with Crippen molar-refractivity contribution in [2.45, 2.75) is 39.2 Å². The zero-order valence-electron chi connectivity index (χ0n) is 22.4. The van der Waals surface area contributed by atoms with E-state index in [-0.39, 0.29) is 16.9 Å². The fourth-order valence-corrected chi connectivity index (χ4v) is 4.29. The van der Waals surface area contributed by atoms with E-state index < -0.39 is 6.04 Å². The second-order valence-electron chi connectivity index (χ2n) is 10.1. The van der Waals surface area contributed by atoms with Gasteiger partial charge in [0.15, 0.2) is 0 Å². The van der Waals surface area contributed by atoms with Crippen LogP contribution in [-0.4, -0.2) is 41.6 Å². The van der Waals surface area contributed by atoms with E-state index in [9.17, 15) is 9.59 Å². The van der Waals surface area contributed by atoms with Crippen LogP contribution in [0.15, 0.2) is 71.5 Å². The highest BCUT2D eigenvalue weighted by molar-refractivity contribution is 5.94. The molecule has 192 valence electrons. The van der Waals surface area contributed by atoms with Crippen molar-refractivity contribution in [3.63, 3.8) is 0 Å². The molecule has 7 nitrogen and oxygen atoms in total. The van der Waals surface area contributed by atoms with Gasteiger partial charge in [0, 0.05) is 12.6 Å². The number of ether oxygens (including phenoxy) is 2. The Bertz CT molecular complexity index is 1480. The summed E-state index contributed by atoms with van der Waals surface area (Å²) in [5.41, 5.74) is 2.54. The van der Waals surface area contributed by atoms with Crippen LogP contribution in [0.25, 0.3) is 16.6 Å². The Morgan fingerprint density at radius 2 is 1.59 bits per heavy atom. The molecule has 37 heavy (non-hydrogen) atoms. The third-order valence-electron chi connectivity index (χ3n) is 6.71. The number of amides is 1. The Labute approximate surface area is 217 Å². The number of methoxy groups -OCH3 is 2. The molecule has 0 unspecified atom stereocenters. The number of fused-ring (bicyclic) bond motifs is 1. The van der Waals surface area contributed by atoms with Crippen LogP contribution in [0, 0.1) is 0 Å². The molecule has 0 saturated heterocycles. The number of para-hydroxylation sites is 1. The summed E-state index contributed by atoms with van der Waals surface area (Å²) in [5, 5.41) is 0.429. The lowest BCUT2D eigenvalue weighted by Gasteiger charge is -2.27. The molecule has 0 aliphatic heterocycles. The van der Waals surface area contributed by atoms with Gasteiger partial charge >= 0.3 is 0 Å². The lowest BCUT2D eigenvalue weighted by atomic mass is 9.86. The van der Waals surface area contributed by atoms with Gasteiger partial charge in [-0.05, 0) is 66.4 Å². The summed E-state index contributed by atoms with van der Waals surface area (Å²) in [5.74, 6) is 1.43. The highest BCUT2D eigenvalue weighted by atomic mass is 16.5. The van der Waals surface area contributed by atoms with Crippen molar-refractivity contribution < 1.29 is 14.3 Å². The highest BCUT2D eigenvalue weighted by Crippen LogP contribution is 2.28. The van der Waals surface area contributed by atoms with E-state index in [4.69, 9.17) is 14.5 Å². The van der Waals surface area contributed by atoms with Gasteiger partial charge < -0.3 is 14.4 Å². The number of rotatable bonds is 6. The van der Waals surface area contributed by atoms with Crippen molar-refractivity contribution in [3.8, 4) is 17.2 Å². The molecule has 0 fully saturated rings. The quantitative estimate of drug-likeness (QED) is 0.349. The van der Waals surface area contributed by atoms with Gasteiger partial charge in [-0.15, -0.1) is 0 Å². The van der Waals surface area contributed by atoms with Crippen molar-refractivity contribution in [1.29, 1.82) is 0 Å². The number of carbonyl (C=O) groups is 1. The molecule has 0 bridgehead atoms. The minimum Gasteiger partial charge on any atom is -0.497 e. The number of benzene rings is 3. The summed E-state index contributed by atoms with van der Waals surface area (Å²) in [4.78, 5) is 33.8. The summed E-state index contributed by atoms with van der Waals surface area (Å²) in [7, 11) is 4.86. The van der Waals surface area contributed by atoms with Gasteiger partial charge in [-0.1, -0.05) is 39.0 Å². The maximum Gasteiger partial charge on any atom is 0.266 e. The highest BCUT2D eigenvalue weighted by Gasteiger charge is 2.26. The second kappa shape index (κ2) is 10.1. The molecule has 1 aromatic heterocycles. The third kappa shape index (κ3) is 4.94. The Hall–Kier alpha value is -4.13. The van der Waals surface area contributed by atoms with Crippen molar-refractivity contribution in [3.05, 3.63) is 94.0 Å². The molecule has 0 spiro atoms. The minimum absolute atomic E-state index is 0.0106. The van der Waals surface area contributed by atoms with E-state index in [0.29, 0.717) is 39.5 Å². The molecule has 0 N–H and O–H groups in total. The van der Waals surface area contributed by atoms with E-state index in [0.717, 1.165) is 5.56 Å². The molecule has 7 heteroatoms. The Balaban J connectivity index is 1.84. The van der Waals surface area contributed by atoms with Crippen molar-refractivity contribution in [2.24, 2.45) is 0 Å². The van der Waals surface area contributed by atoms with Gasteiger partial charge in [-0.2, -0.15) is 0 Å². The van der Waals surface area contributed by atoms with Gasteiger partial charge in [0.2, 0.25) is 0 Å². The summed E-state index contributed by atoms with van der Waals surface area (Å²) in [6, 6.07) is 19.6. The normalized spacial score (nSPS) is 12.3. The first kappa shape index (κ1) is 25.9. The van der Waals surface area contributed by atoms with E-state index in [2.05, 4.69) is 20.8 Å². The Morgan fingerprint density at radius 1 is 0.946 bits per heavy atom. The molecule has 0 aliphatic carbocycles. The number of hydrogen-bond acceptors (Lipinski definition) is 5. The first-order valence-electron chi connectivity index (χ1n) is 12.2. The van der Waals surface area contributed by atoms with Crippen LogP contribution in [0.4, 0.5) is 0 Å². The molecule has 0 saturated carbocycles. The molecular formula is C30H33N3O4. The predicted molar refractivity (Wildman–Crippen MR) is 146 cm³/mol. The van der Waals surface area contributed by atoms with Crippen molar-refractivity contribution >= 4 is 16.8 Å². The van der Waals surface area contributed by atoms with Crippen LogP contribution < -0.4 is 15.0 Å². The maximum absolute atomic E-state index is 13.8. The average Bonchev–Trinajstić information content (AvgIpc) is 2.91. The molecule has 1 atom stereocenters. The van der Waals surface area contributed by atoms with Crippen LogP contribution in [0.5, 0.6) is 11.5 Å². The van der Waals surface area contributed by atoms with Crippen LogP contribution in [0.2, 0.25) is 0 Å². The van der Waals surface area contributed by atoms with Gasteiger partial charge in [0.1, 0.15) is 22.8 Å². The fraction of sp³-hybridized carbons (Fsp3) is 0.300. The summed E-state index contributed by atoms with van der Waals surface area (Å²) >= 11 is 0. The largest absolute Gasteiger partial charge is 0.497 e. The molecule has 1 amide bonds. The first-order chi connectivity index (χ1) is 17.6. The number of hydrogen-bond donors (Lipinski definition) is 0. The van der Waals surface area contributed by atoms with Gasteiger partial charge in [0.25, 0.3) is 11.5 Å². The maximum atomic E-state index is 13.8. The molecular weight excluding hydrogens is 466 g/mol. The lowest BCUT2D eigenvalue weighted by molar-refractivity contribution is 0.0735. The summed E-state index contributed by atoms with van der Waals surface area (Å²) < 4.78 is 12.3. The smallest absolute Gasteiger partial charge is 0.266 e. The second-order valence-corrected chi connectivity index (χ2v) is 10.1. The molecule has 0 aliphatic rings. The predicted octanol–water partition coefficient (Wildman–Crippen LogP) is 5.53. The molecule has 0 radical (unpaired) electrons. The standard InChI is InChI=1S/C30H33N3O4/c1-19(32(5)28(34)20-11-13-21(14-12-20)30(2,3)4)27-31-26-24(9-8-10-25(26)37-7)29(35)33(27)22-15-17-23(36-6)18-16-22/h8-19H,1-7H3/t19-/m0/s1. The molecule has 3 aromatic carbocycles. The summed E-state index contributed by atoms with van der Waals surface area (Å²) in [6.07, 6.45) is 0. The molecule has 1 heterocycles. The average molecular weight is 500 g/mol. The van der Waals surface area contributed by atoms with Crippen molar-refractivity contribution in [1.82, 2.24) is 14.5 Å². The topological polar surface area (TPSA) is 73.7 Å². The Morgan fingerprint density at radius 3 is 2.16 bits per heavy atom. The van der Waals surface area contributed by atoms with E-state index in [1.165, 1.54) is 0 Å². The van der Waals surface area contributed by atoms with E-state index in [1.807, 2.05) is 31.2 Å². The number of aromatic nitrogens is 2.